The number of methoxy groups -OCH3 is 1. The number of hydrogen-bond acceptors (Lipinski definition) is 4. The van der Waals surface area contributed by atoms with E-state index in [4.69, 9.17) is 9.47 Å². The molecule has 0 saturated carbocycles. The summed E-state index contributed by atoms with van der Waals surface area (Å²) in [5.74, 6) is -0.00754. The lowest BCUT2D eigenvalue weighted by atomic mass is 10.1. The highest BCUT2D eigenvalue weighted by atomic mass is 16.5. The number of ether oxygens (including phenoxy) is 2. The summed E-state index contributed by atoms with van der Waals surface area (Å²) in [5, 5.41) is 3.75. The van der Waals surface area contributed by atoms with Crippen LogP contribution in [0.15, 0.2) is 54.6 Å². The zero-order valence-electron chi connectivity index (χ0n) is 18.4. The molecule has 0 aliphatic rings. The van der Waals surface area contributed by atoms with E-state index < -0.39 is 12.0 Å². The summed E-state index contributed by atoms with van der Waals surface area (Å²) in [5.41, 5.74) is 2.34. The molecule has 0 radical (unpaired) electrons. The van der Waals surface area contributed by atoms with Crippen molar-refractivity contribution in [2.45, 2.75) is 38.6 Å². The number of nitrogens with one attached hydrogen (secondary N) is 1. The van der Waals surface area contributed by atoms with Crippen LogP contribution in [0, 0.1) is 0 Å². The van der Waals surface area contributed by atoms with Gasteiger partial charge >= 0.3 is 5.97 Å². The van der Waals surface area contributed by atoms with E-state index in [0.29, 0.717) is 18.7 Å². The summed E-state index contributed by atoms with van der Waals surface area (Å²) in [4.78, 5) is 25.3. The second-order valence-electron chi connectivity index (χ2n) is 7.60. The van der Waals surface area contributed by atoms with Gasteiger partial charge in [0.2, 0.25) is 0 Å². The first-order chi connectivity index (χ1) is 15.0. The minimum absolute atomic E-state index is 0.324. The highest BCUT2D eigenvalue weighted by molar-refractivity contribution is 6.00. The molecule has 0 saturated heterocycles. The molecule has 1 amide bonds. The van der Waals surface area contributed by atoms with Crippen LogP contribution in [-0.4, -0.2) is 36.2 Å². The number of carbonyl (C=O) groups excluding carboxylic acids is 2. The van der Waals surface area contributed by atoms with Crippen LogP contribution in [-0.2, 0) is 23.0 Å². The highest BCUT2D eigenvalue weighted by Crippen LogP contribution is 2.24. The van der Waals surface area contributed by atoms with E-state index in [0.717, 1.165) is 41.5 Å². The Bertz CT molecular complexity index is 1030. The third-order valence-electron chi connectivity index (χ3n) is 5.34. The van der Waals surface area contributed by atoms with Crippen molar-refractivity contribution in [2.75, 3.05) is 13.7 Å². The van der Waals surface area contributed by atoms with Crippen molar-refractivity contribution in [3.05, 3.63) is 65.9 Å². The first-order valence-corrected chi connectivity index (χ1v) is 10.7. The van der Waals surface area contributed by atoms with Crippen LogP contribution in [0.5, 0.6) is 5.75 Å². The van der Waals surface area contributed by atoms with Gasteiger partial charge in [0.15, 0.2) is 0 Å². The van der Waals surface area contributed by atoms with E-state index in [1.165, 1.54) is 7.11 Å². The van der Waals surface area contributed by atoms with Gasteiger partial charge < -0.3 is 19.4 Å². The topological polar surface area (TPSA) is 69.6 Å². The number of fused-ring (bicyclic) bond motifs is 1. The van der Waals surface area contributed by atoms with Gasteiger partial charge in [-0.25, -0.2) is 4.79 Å². The highest BCUT2D eigenvalue weighted by Gasteiger charge is 2.24. The molecule has 0 bridgehead atoms. The molecule has 31 heavy (non-hydrogen) atoms. The van der Waals surface area contributed by atoms with Crippen LogP contribution in [0.2, 0.25) is 0 Å². The van der Waals surface area contributed by atoms with E-state index >= 15 is 0 Å². The Kier molecular flexibility index (Phi) is 7.70. The number of esters is 1. The van der Waals surface area contributed by atoms with Crippen molar-refractivity contribution < 1.29 is 19.1 Å². The molecule has 0 aliphatic heterocycles. The molecule has 0 aliphatic carbocycles. The molecule has 1 aromatic heterocycles. The van der Waals surface area contributed by atoms with Crippen LogP contribution in [0.1, 0.15) is 42.2 Å². The van der Waals surface area contributed by atoms with E-state index in [2.05, 4.69) is 12.2 Å². The van der Waals surface area contributed by atoms with Crippen LogP contribution in [0.4, 0.5) is 0 Å². The maximum Gasteiger partial charge on any atom is 0.328 e. The summed E-state index contributed by atoms with van der Waals surface area (Å²) >= 11 is 0. The molecular weight excluding hydrogens is 392 g/mol. The van der Waals surface area contributed by atoms with E-state index in [1.54, 1.807) is 0 Å². The van der Waals surface area contributed by atoms with E-state index in [-0.39, 0.29) is 5.91 Å². The molecule has 3 rings (SSSR count). The minimum Gasteiger partial charge on any atom is -0.494 e. The monoisotopic (exact) mass is 422 g/mol. The molecule has 6 heteroatoms. The average Bonchev–Trinajstić information content (AvgIpc) is 3.12. The fraction of sp³-hybridized carbons (Fsp3) is 0.360. The lowest BCUT2D eigenvalue weighted by molar-refractivity contribution is -0.142. The van der Waals surface area contributed by atoms with Crippen molar-refractivity contribution in [3.8, 4) is 5.75 Å². The van der Waals surface area contributed by atoms with Crippen LogP contribution in [0.25, 0.3) is 10.9 Å². The number of aromatic nitrogens is 1. The van der Waals surface area contributed by atoms with Gasteiger partial charge in [0.05, 0.1) is 13.7 Å². The van der Waals surface area contributed by atoms with E-state index in [1.807, 2.05) is 66.2 Å². The lowest BCUT2D eigenvalue weighted by Gasteiger charge is -2.17. The second kappa shape index (κ2) is 10.7. The van der Waals surface area contributed by atoms with Crippen LogP contribution >= 0.6 is 0 Å². The maximum absolute atomic E-state index is 13.0. The van der Waals surface area contributed by atoms with E-state index in [9.17, 15) is 9.59 Å². The summed E-state index contributed by atoms with van der Waals surface area (Å²) in [7, 11) is 3.16. The molecule has 6 nitrogen and oxygen atoms in total. The third-order valence-corrected chi connectivity index (χ3v) is 5.34. The summed E-state index contributed by atoms with van der Waals surface area (Å²) in [6.07, 6.45) is 3.67. The molecule has 164 valence electrons. The fourth-order valence-corrected chi connectivity index (χ4v) is 3.59. The molecule has 0 unspecified atom stereocenters. The molecule has 3 aromatic rings. The number of carbonyl (C=O) groups is 2. The standard InChI is InChI=1S/C25H30N2O4/c1-4-5-9-14-31-20-12-13-22-19(16-20)17-23(27(22)2)24(28)26-21(25(29)30-3)15-18-10-7-6-8-11-18/h6-8,10-13,16-17,21H,4-5,9,14-15H2,1-3H3,(H,26,28)/t21-/m0/s1. The Balaban J connectivity index is 1.76. The lowest BCUT2D eigenvalue weighted by Crippen LogP contribution is -2.43. The van der Waals surface area contributed by atoms with Gasteiger partial charge in [0.1, 0.15) is 17.5 Å². The average molecular weight is 423 g/mol. The Labute approximate surface area is 183 Å². The SMILES string of the molecule is CCCCCOc1ccc2c(c1)cc(C(=O)N[C@@H](Cc1ccccc1)C(=O)OC)n2C. The first-order valence-electron chi connectivity index (χ1n) is 10.7. The fourth-order valence-electron chi connectivity index (χ4n) is 3.59. The number of rotatable bonds is 10. The summed E-state index contributed by atoms with van der Waals surface area (Å²) < 4.78 is 12.6. The molecular formula is C25H30N2O4. The number of benzene rings is 2. The maximum atomic E-state index is 13.0. The zero-order chi connectivity index (χ0) is 22.2. The second-order valence-corrected chi connectivity index (χ2v) is 7.60. The minimum atomic E-state index is -0.768. The molecule has 0 fully saturated rings. The number of amides is 1. The zero-order valence-corrected chi connectivity index (χ0v) is 18.4. The van der Waals surface area contributed by atoms with Crippen LogP contribution in [0.3, 0.4) is 0 Å². The predicted octanol–water partition coefficient (Wildman–Crippen LogP) is 4.26. The van der Waals surface area contributed by atoms with Crippen LogP contribution < -0.4 is 10.1 Å². The molecule has 1 atom stereocenters. The molecule has 0 spiro atoms. The van der Waals surface area contributed by atoms with Gasteiger partial charge in [0.25, 0.3) is 5.91 Å². The van der Waals surface area contributed by atoms with Gasteiger partial charge in [-0.1, -0.05) is 50.1 Å². The normalized spacial score (nSPS) is 11.8. The molecule has 1 N–H and O–H groups in total. The van der Waals surface area contributed by atoms with Crippen molar-refractivity contribution in [1.29, 1.82) is 0 Å². The largest absolute Gasteiger partial charge is 0.494 e. The Hall–Kier alpha value is -3.28. The number of unbranched alkanes of at least 4 members (excludes halogenated alkanes) is 2. The van der Waals surface area contributed by atoms with Gasteiger partial charge in [-0.2, -0.15) is 0 Å². The van der Waals surface area contributed by atoms with Crippen molar-refractivity contribution in [2.24, 2.45) is 7.05 Å². The van der Waals surface area contributed by atoms with Gasteiger partial charge in [-0.3, -0.25) is 4.79 Å². The van der Waals surface area contributed by atoms with Crippen molar-refractivity contribution in [3.63, 3.8) is 0 Å². The summed E-state index contributed by atoms with van der Waals surface area (Å²) in [6.45, 7) is 2.84. The number of aryl methyl sites for hydroxylation is 1. The number of hydrogen-bond donors (Lipinski definition) is 1. The quantitative estimate of drug-likeness (QED) is 0.391. The molecule has 2 aromatic carbocycles. The van der Waals surface area contributed by atoms with Crippen molar-refractivity contribution in [1.82, 2.24) is 9.88 Å². The predicted molar refractivity (Wildman–Crippen MR) is 121 cm³/mol. The Morgan fingerprint density at radius 2 is 1.84 bits per heavy atom. The van der Waals surface area contributed by atoms with Gasteiger partial charge in [0, 0.05) is 24.4 Å². The van der Waals surface area contributed by atoms with Crippen molar-refractivity contribution >= 4 is 22.8 Å². The Morgan fingerprint density at radius 3 is 2.55 bits per heavy atom. The van der Waals surface area contributed by atoms with Gasteiger partial charge in [-0.15, -0.1) is 0 Å². The third kappa shape index (κ3) is 5.66. The molecule has 1 heterocycles. The Morgan fingerprint density at radius 1 is 1.06 bits per heavy atom. The first kappa shape index (κ1) is 22.4. The smallest absolute Gasteiger partial charge is 0.328 e. The number of nitrogens with zero attached hydrogens (tertiary/aromatic N) is 1. The summed E-state index contributed by atoms with van der Waals surface area (Å²) in [6, 6.07) is 16.4. The van der Waals surface area contributed by atoms with Gasteiger partial charge in [-0.05, 0) is 36.2 Å².